The van der Waals surface area contributed by atoms with Gasteiger partial charge in [0.2, 0.25) is 0 Å². The molecule has 1 heterocycles. The number of epoxide rings is 1. The van der Waals surface area contributed by atoms with Crippen molar-refractivity contribution < 1.29 is 9.39 Å². The number of hydrogen-bond acceptors (Lipinski definition) is 3. The highest BCUT2D eigenvalue weighted by molar-refractivity contribution is 6.30. The molecule has 1 aromatic rings. The van der Waals surface area contributed by atoms with Gasteiger partial charge in [0.1, 0.15) is 0 Å². The molecule has 1 aromatic carbocycles. The molecule has 1 aliphatic rings. The maximum absolute atomic E-state index is 5.33. The minimum atomic E-state index is 0.290. The molecule has 3 nitrogen and oxygen atoms in total. The van der Waals surface area contributed by atoms with Crippen molar-refractivity contribution in [2.24, 2.45) is 5.73 Å². The summed E-state index contributed by atoms with van der Waals surface area (Å²) in [7, 11) is 0.691. The Morgan fingerprint density at radius 2 is 2.20 bits per heavy atom. The zero-order valence-electron chi connectivity index (χ0n) is 8.76. The Morgan fingerprint density at radius 1 is 1.47 bits per heavy atom. The van der Waals surface area contributed by atoms with Crippen LogP contribution in [0.2, 0.25) is 5.82 Å². The lowest BCUT2D eigenvalue weighted by Gasteiger charge is -2.12. The monoisotopic (exact) mass is 205 g/mol. The Bertz CT molecular complexity index is 290. The van der Waals surface area contributed by atoms with Crippen molar-refractivity contribution in [3.63, 3.8) is 0 Å². The van der Waals surface area contributed by atoms with Gasteiger partial charge in [-0.3, -0.25) is 0 Å². The Morgan fingerprint density at radius 3 is 2.80 bits per heavy atom. The molecule has 15 heavy (non-hydrogen) atoms. The predicted octanol–water partition coefficient (Wildman–Crippen LogP) is 0.701. The van der Waals surface area contributed by atoms with Crippen LogP contribution in [0, 0.1) is 0 Å². The molecule has 0 aliphatic carbocycles. The van der Waals surface area contributed by atoms with Crippen molar-refractivity contribution in [2.75, 3.05) is 13.3 Å². The van der Waals surface area contributed by atoms with Crippen molar-refractivity contribution in [1.29, 1.82) is 0 Å². The highest BCUT2D eigenvalue weighted by Crippen LogP contribution is 2.28. The van der Waals surface area contributed by atoms with Crippen molar-refractivity contribution in [1.82, 2.24) is 0 Å². The molecule has 0 amide bonds. The highest BCUT2D eigenvalue weighted by Gasteiger charge is 2.33. The van der Waals surface area contributed by atoms with Crippen molar-refractivity contribution in [3.8, 4) is 0 Å². The first kappa shape index (κ1) is 10.7. The third-order valence-corrected chi connectivity index (χ3v) is 2.68. The van der Waals surface area contributed by atoms with E-state index in [9.17, 15) is 0 Å². The van der Waals surface area contributed by atoms with Gasteiger partial charge < -0.3 is 15.1 Å². The van der Waals surface area contributed by atoms with E-state index in [0.717, 1.165) is 13.0 Å². The van der Waals surface area contributed by atoms with Gasteiger partial charge in [0.05, 0.1) is 19.4 Å². The van der Waals surface area contributed by atoms with Gasteiger partial charge in [-0.2, -0.15) is 0 Å². The minimum absolute atomic E-state index is 0.290. The van der Waals surface area contributed by atoms with Crippen LogP contribution in [0.15, 0.2) is 30.3 Å². The van der Waals surface area contributed by atoms with E-state index in [2.05, 4.69) is 24.3 Å². The summed E-state index contributed by atoms with van der Waals surface area (Å²) in [5.41, 5.74) is 6.66. The molecule has 0 spiro atoms. The summed E-state index contributed by atoms with van der Waals surface area (Å²) in [4.78, 5) is 0. The van der Waals surface area contributed by atoms with Crippen molar-refractivity contribution in [2.45, 2.75) is 18.3 Å². The SMILES string of the molecule is NCOBC(Cc1ccccc1)[C@H]1CO1. The van der Waals surface area contributed by atoms with E-state index in [-0.39, 0.29) is 6.73 Å². The number of ether oxygens (including phenoxy) is 1. The lowest BCUT2D eigenvalue weighted by molar-refractivity contribution is 0.325. The average molecular weight is 205 g/mol. The molecule has 1 fully saturated rings. The number of hydrogen-bond donors (Lipinski definition) is 1. The van der Waals surface area contributed by atoms with Crippen LogP contribution in [0.4, 0.5) is 0 Å². The van der Waals surface area contributed by atoms with E-state index in [1.807, 2.05) is 6.07 Å². The fraction of sp³-hybridized carbons (Fsp3) is 0.455. The maximum Gasteiger partial charge on any atom is 0.282 e. The number of nitrogens with two attached hydrogens (primary N) is 1. The van der Waals surface area contributed by atoms with Crippen LogP contribution in [0.25, 0.3) is 0 Å². The number of rotatable bonds is 6. The summed E-state index contributed by atoms with van der Waals surface area (Å²) in [6, 6.07) is 10.4. The fourth-order valence-electron chi connectivity index (χ4n) is 1.76. The molecule has 0 radical (unpaired) electrons. The zero-order valence-corrected chi connectivity index (χ0v) is 8.76. The van der Waals surface area contributed by atoms with Gasteiger partial charge in [-0.15, -0.1) is 0 Å². The Kier molecular flexibility index (Phi) is 3.77. The molecule has 0 saturated carbocycles. The van der Waals surface area contributed by atoms with Crippen LogP contribution in [0.1, 0.15) is 5.56 Å². The first-order valence-corrected chi connectivity index (χ1v) is 5.33. The first-order chi connectivity index (χ1) is 7.40. The number of benzene rings is 1. The highest BCUT2D eigenvalue weighted by atomic mass is 16.6. The van der Waals surface area contributed by atoms with Crippen molar-refractivity contribution >= 4 is 7.48 Å². The summed E-state index contributed by atoms with van der Waals surface area (Å²) in [5.74, 6) is 0.441. The summed E-state index contributed by atoms with van der Waals surface area (Å²) >= 11 is 0. The molecule has 1 aliphatic heterocycles. The second kappa shape index (κ2) is 5.30. The molecule has 2 atom stereocenters. The molecule has 1 unspecified atom stereocenters. The van der Waals surface area contributed by atoms with Gasteiger partial charge in [-0.05, 0) is 17.8 Å². The van der Waals surface area contributed by atoms with E-state index < -0.39 is 0 Å². The van der Waals surface area contributed by atoms with Gasteiger partial charge >= 0.3 is 0 Å². The van der Waals surface area contributed by atoms with E-state index >= 15 is 0 Å². The van der Waals surface area contributed by atoms with Crippen LogP contribution >= 0.6 is 0 Å². The Hall–Kier alpha value is -0.835. The smallest absolute Gasteiger partial charge is 0.282 e. The first-order valence-electron chi connectivity index (χ1n) is 5.33. The summed E-state index contributed by atoms with van der Waals surface area (Å²) in [5, 5.41) is 0. The van der Waals surface area contributed by atoms with E-state index in [1.54, 1.807) is 0 Å². The van der Waals surface area contributed by atoms with Crippen LogP contribution in [0.3, 0.4) is 0 Å². The predicted molar refractivity (Wildman–Crippen MR) is 60.9 cm³/mol. The lowest BCUT2D eigenvalue weighted by atomic mass is 9.74. The second-order valence-corrected chi connectivity index (χ2v) is 3.86. The average Bonchev–Trinajstić information content (AvgIpc) is 3.09. The maximum atomic E-state index is 5.33. The third-order valence-electron chi connectivity index (χ3n) is 2.68. The largest absolute Gasteiger partial charge is 0.427 e. The summed E-state index contributed by atoms with van der Waals surface area (Å²) in [6.45, 7) is 1.16. The molecule has 80 valence electrons. The molecule has 2 N–H and O–H groups in total. The normalized spacial score (nSPS) is 21.0. The van der Waals surface area contributed by atoms with E-state index in [0.29, 0.717) is 19.4 Å². The van der Waals surface area contributed by atoms with Gasteiger partial charge in [0.15, 0.2) is 0 Å². The van der Waals surface area contributed by atoms with Crippen LogP contribution in [0.5, 0.6) is 0 Å². The molecular formula is C11H16BNO2. The quantitative estimate of drug-likeness (QED) is 0.422. The Labute approximate surface area is 90.8 Å². The topological polar surface area (TPSA) is 47.8 Å². The summed E-state index contributed by atoms with van der Waals surface area (Å²) in [6.07, 6.45) is 1.38. The molecule has 4 heteroatoms. The Balaban J connectivity index is 1.88. The summed E-state index contributed by atoms with van der Waals surface area (Å²) < 4.78 is 10.6. The standard InChI is InChI=1S/C11H16BNO2/c13-8-15-12-10(11-7-14-11)6-9-4-2-1-3-5-9/h1-5,10-12H,6-8,13H2/t10?,11-/m1/s1. The fourth-order valence-corrected chi connectivity index (χ4v) is 1.76. The minimum Gasteiger partial charge on any atom is -0.427 e. The van der Waals surface area contributed by atoms with Gasteiger partial charge in [-0.1, -0.05) is 30.3 Å². The van der Waals surface area contributed by atoms with Crippen LogP contribution in [-0.2, 0) is 15.8 Å². The van der Waals surface area contributed by atoms with Gasteiger partial charge in [0, 0.05) is 0 Å². The van der Waals surface area contributed by atoms with E-state index in [4.69, 9.17) is 15.1 Å². The van der Waals surface area contributed by atoms with Gasteiger partial charge in [0.25, 0.3) is 7.48 Å². The third kappa shape index (κ3) is 3.34. The van der Waals surface area contributed by atoms with Gasteiger partial charge in [-0.25, -0.2) is 0 Å². The lowest BCUT2D eigenvalue weighted by Crippen LogP contribution is -2.19. The van der Waals surface area contributed by atoms with Crippen LogP contribution in [-0.4, -0.2) is 26.9 Å². The zero-order chi connectivity index (χ0) is 10.5. The molecular weight excluding hydrogens is 189 g/mol. The molecule has 0 bridgehead atoms. The van der Waals surface area contributed by atoms with E-state index in [1.165, 1.54) is 5.56 Å². The van der Waals surface area contributed by atoms with Crippen molar-refractivity contribution in [3.05, 3.63) is 35.9 Å². The molecule has 1 saturated heterocycles. The molecule has 0 aromatic heterocycles. The molecule has 2 rings (SSSR count). The second-order valence-electron chi connectivity index (χ2n) is 3.86. The van der Waals surface area contributed by atoms with Crippen LogP contribution < -0.4 is 5.73 Å².